The van der Waals surface area contributed by atoms with Crippen molar-refractivity contribution in [3.8, 4) is 17.7 Å². The van der Waals surface area contributed by atoms with Crippen LogP contribution in [0.15, 0.2) is 36.5 Å². The Morgan fingerprint density at radius 2 is 2.12 bits per heavy atom. The molecule has 0 aliphatic heterocycles. The molecule has 0 saturated carbocycles. The minimum atomic E-state index is -0.435. The van der Waals surface area contributed by atoms with Crippen molar-refractivity contribution in [1.82, 2.24) is 4.98 Å². The molecule has 5 heteroatoms. The van der Waals surface area contributed by atoms with Crippen LogP contribution >= 0.6 is 11.6 Å². The van der Waals surface area contributed by atoms with Crippen molar-refractivity contribution in [3.05, 3.63) is 52.9 Å². The number of nitriles is 1. The van der Waals surface area contributed by atoms with E-state index < -0.39 is 5.82 Å². The Morgan fingerprint density at radius 1 is 1.29 bits per heavy atom. The highest BCUT2D eigenvalue weighted by Gasteiger charge is 2.05. The van der Waals surface area contributed by atoms with Crippen LogP contribution in [0.25, 0.3) is 0 Å². The van der Waals surface area contributed by atoms with Gasteiger partial charge in [0, 0.05) is 12.3 Å². The number of rotatable bonds is 2. The molecule has 0 radical (unpaired) electrons. The zero-order valence-electron chi connectivity index (χ0n) is 8.52. The van der Waals surface area contributed by atoms with Crippen LogP contribution in [0.2, 0.25) is 5.02 Å². The van der Waals surface area contributed by atoms with Crippen LogP contribution in [-0.4, -0.2) is 4.98 Å². The first-order chi connectivity index (χ1) is 8.19. The highest BCUT2D eigenvalue weighted by atomic mass is 35.5. The standard InChI is InChI=1S/C12H6ClFN2O/c13-10-5-9(14)2-3-11(10)17-12-4-1-8(6-15)7-16-12/h1-5,7H. The molecule has 0 amide bonds. The highest BCUT2D eigenvalue weighted by molar-refractivity contribution is 6.32. The lowest BCUT2D eigenvalue weighted by Gasteiger charge is -2.06. The van der Waals surface area contributed by atoms with E-state index in [1.165, 1.54) is 24.4 Å². The summed E-state index contributed by atoms with van der Waals surface area (Å²) in [7, 11) is 0. The first-order valence-electron chi connectivity index (χ1n) is 4.68. The zero-order chi connectivity index (χ0) is 12.3. The minimum Gasteiger partial charge on any atom is -0.437 e. The molecule has 1 heterocycles. The van der Waals surface area contributed by atoms with Gasteiger partial charge in [0.1, 0.15) is 17.6 Å². The van der Waals surface area contributed by atoms with E-state index in [1.54, 1.807) is 6.07 Å². The molecular formula is C12H6ClFN2O. The van der Waals surface area contributed by atoms with Crippen LogP contribution in [0.3, 0.4) is 0 Å². The summed E-state index contributed by atoms with van der Waals surface area (Å²) in [5.74, 6) is 0.165. The molecule has 0 unspecified atom stereocenters. The molecule has 0 fully saturated rings. The van der Waals surface area contributed by atoms with Crippen LogP contribution < -0.4 is 4.74 Å². The minimum absolute atomic E-state index is 0.163. The average Bonchev–Trinajstić information content (AvgIpc) is 2.34. The van der Waals surface area contributed by atoms with E-state index >= 15 is 0 Å². The maximum atomic E-state index is 12.8. The Balaban J connectivity index is 2.23. The Hall–Kier alpha value is -2.12. The number of pyridine rings is 1. The van der Waals surface area contributed by atoms with Gasteiger partial charge in [-0.1, -0.05) is 11.6 Å². The van der Waals surface area contributed by atoms with Gasteiger partial charge in [0.2, 0.25) is 5.88 Å². The summed E-state index contributed by atoms with van der Waals surface area (Å²) in [6.45, 7) is 0. The normalized spacial score (nSPS) is 9.71. The first kappa shape index (κ1) is 11.4. The molecule has 0 aliphatic rings. The van der Waals surface area contributed by atoms with E-state index in [1.807, 2.05) is 6.07 Å². The van der Waals surface area contributed by atoms with Crippen molar-refractivity contribution in [1.29, 1.82) is 5.26 Å². The molecule has 0 N–H and O–H groups in total. The highest BCUT2D eigenvalue weighted by Crippen LogP contribution is 2.28. The second-order valence-electron chi connectivity index (χ2n) is 3.17. The Morgan fingerprint density at radius 3 is 2.71 bits per heavy atom. The molecule has 3 nitrogen and oxygen atoms in total. The van der Waals surface area contributed by atoms with Crippen molar-refractivity contribution in [2.45, 2.75) is 0 Å². The lowest BCUT2D eigenvalue weighted by atomic mass is 10.3. The van der Waals surface area contributed by atoms with Gasteiger partial charge >= 0.3 is 0 Å². The number of aromatic nitrogens is 1. The maximum absolute atomic E-state index is 12.8. The van der Waals surface area contributed by atoms with Gasteiger partial charge in [-0.3, -0.25) is 0 Å². The summed E-state index contributed by atoms with van der Waals surface area (Å²) in [5.41, 5.74) is 0.433. The number of hydrogen-bond acceptors (Lipinski definition) is 3. The van der Waals surface area contributed by atoms with E-state index in [-0.39, 0.29) is 10.9 Å². The van der Waals surface area contributed by atoms with Crippen molar-refractivity contribution in [2.75, 3.05) is 0 Å². The fraction of sp³-hybridized carbons (Fsp3) is 0. The molecule has 1 aromatic carbocycles. The summed E-state index contributed by atoms with van der Waals surface area (Å²) in [6.07, 6.45) is 1.38. The van der Waals surface area contributed by atoms with E-state index in [9.17, 15) is 4.39 Å². The van der Waals surface area contributed by atoms with Gasteiger partial charge in [0.25, 0.3) is 0 Å². The number of nitrogens with zero attached hydrogens (tertiary/aromatic N) is 2. The molecular weight excluding hydrogens is 243 g/mol. The smallest absolute Gasteiger partial charge is 0.219 e. The summed E-state index contributed by atoms with van der Waals surface area (Å²) in [6, 6.07) is 8.86. The second-order valence-corrected chi connectivity index (χ2v) is 3.58. The van der Waals surface area contributed by atoms with Crippen molar-refractivity contribution < 1.29 is 9.13 Å². The topological polar surface area (TPSA) is 45.9 Å². The monoisotopic (exact) mass is 248 g/mol. The van der Waals surface area contributed by atoms with Gasteiger partial charge in [0.05, 0.1) is 10.6 Å². The fourth-order valence-electron chi connectivity index (χ4n) is 1.18. The fourth-order valence-corrected chi connectivity index (χ4v) is 1.38. The predicted octanol–water partition coefficient (Wildman–Crippen LogP) is 3.54. The third-order valence-corrected chi connectivity index (χ3v) is 2.27. The van der Waals surface area contributed by atoms with Gasteiger partial charge in [-0.2, -0.15) is 5.26 Å². The van der Waals surface area contributed by atoms with E-state index in [0.717, 1.165) is 6.07 Å². The van der Waals surface area contributed by atoms with Crippen molar-refractivity contribution in [2.24, 2.45) is 0 Å². The van der Waals surface area contributed by atoms with Crippen LogP contribution in [0, 0.1) is 17.1 Å². The molecule has 17 heavy (non-hydrogen) atoms. The Labute approximate surface area is 102 Å². The molecule has 0 saturated heterocycles. The molecule has 0 bridgehead atoms. The van der Waals surface area contributed by atoms with E-state index in [4.69, 9.17) is 21.6 Å². The molecule has 84 valence electrons. The maximum Gasteiger partial charge on any atom is 0.219 e. The number of benzene rings is 1. The summed E-state index contributed by atoms with van der Waals surface area (Å²) in [4.78, 5) is 3.91. The molecule has 0 spiro atoms. The van der Waals surface area contributed by atoms with E-state index in [0.29, 0.717) is 11.3 Å². The summed E-state index contributed by atoms with van der Waals surface area (Å²) in [5, 5.41) is 8.76. The average molecular weight is 249 g/mol. The Kier molecular flexibility index (Phi) is 3.22. The van der Waals surface area contributed by atoms with Crippen molar-refractivity contribution >= 4 is 11.6 Å². The molecule has 2 rings (SSSR count). The Bertz CT molecular complexity index is 578. The number of ether oxygens (including phenoxy) is 1. The van der Waals surface area contributed by atoms with Crippen molar-refractivity contribution in [3.63, 3.8) is 0 Å². The van der Waals surface area contributed by atoms with Crippen LogP contribution in [-0.2, 0) is 0 Å². The largest absolute Gasteiger partial charge is 0.437 e. The lowest BCUT2D eigenvalue weighted by Crippen LogP contribution is -1.89. The predicted molar refractivity (Wildman–Crippen MR) is 60.4 cm³/mol. The summed E-state index contributed by atoms with van der Waals surface area (Å²) < 4.78 is 18.1. The zero-order valence-corrected chi connectivity index (χ0v) is 9.28. The van der Waals surface area contributed by atoms with Gasteiger partial charge in [0.15, 0.2) is 0 Å². The second kappa shape index (κ2) is 4.81. The van der Waals surface area contributed by atoms with Crippen LogP contribution in [0.1, 0.15) is 5.56 Å². The van der Waals surface area contributed by atoms with E-state index in [2.05, 4.69) is 4.98 Å². The van der Waals surface area contributed by atoms with Crippen LogP contribution in [0.4, 0.5) is 4.39 Å². The third kappa shape index (κ3) is 2.71. The number of halogens is 2. The molecule has 0 atom stereocenters. The van der Waals surface area contributed by atoms with Crippen LogP contribution in [0.5, 0.6) is 11.6 Å². The van der Waals surface area contributed by atoms with Gasteiger partial charge in [-0.15, -0.1) is 0 Å². The SMILES string of the molecule is N#Cc1ccc(Oc2ccc(F)cc2Cl)nc1. The number of hydrogen-bond donors (Lipinski definition) is 0. The molecule has 1 aromatic heterocycles. The molecule has 0 aliphatic carbocycles. The van der Waals surface area contributed by atoms with Gasteiger partial charge < -0.3 is 4.74 Å². The quantitative estimate of drug-likeness (QED) is 0.817. The molecule has 2 aromatic rings. The first-order valence-corrected chi connectivity index (χ1v) is 5.06. The summed E-state index contributed by atoms with van der Waals surface area (Å²) >= 11 is 5.79. The lowest BCUT2D eigenvalue weighted by molar-refractivity contribution is 0.461. The van der Waals surface area contributed by atoms with Gasteiger partial charge in [-0.05, 0) is 24.3 Å². The van der Waals surface area contributed by atoms with Gasteiger partial charge in [-0.25, -0.2) is 9.37 Å². The third-order valence-electron chi connectivity index (χ3n) is 1.97.